The molecule has 0 aliphatic carbocycles. The molecular weight excluding hydrogens is 250 g/mol. The molecule has 2 N–H and O–H groups in total. The third-order valence-corrected chi connectivity index (χ3v) is 6.02. The third kappa shape index (κ3) is 2.71. The predicted octanol–water partition coefficient (Wildman–Crippen LogP) is -0.105. The highest BCUT2D eigenvalue weighted by Gasteiger charge is 2.39. The second-order valence-corrected chi connectivity index (χ2v) is 7.63. The van der Waals surface area contributed by atoms with E-state index in [0.717, 1.165) is 45.3 Å². The molecule has 0 radical (unpaired) electrons. The Morgan fingerprint density at radius 3 is 2.83 bits per heavy atom. The molecule has 3 aliphatic heterocycles. The molecule has 0 saturated carbocycles. The van der Waals surface area contributed by atoms with Gasteiger partial charge in [-0.3, -0.25) is 4.90 Å². The molecule has 104 valence electrons. The molecule has 3 fully saturated rings. The largest absolute Gasteiger partial charge is 0.313 e. The van der Waals surface area contributed by atoms with E-state index in [1.54, 1.807) is 0 Å². The number of hydrogen-bond acceptors (Lipinski definition) is 4. The molecule has 0 bridgehead atoms. The van der Waals surface area contributed by atoms with Gasteiger partial charge >= 0.3 is 0 Å². The van der Waals surface area contributed by atoms with Gasteiger partial charge in [0.2, 0.25) is 10.0 Å². The lowest BCUT2D eigenvalue weighted by Crippen LogP contribution is -2.45. The molecule has 0 spiro atoms. The molecule has 0 aromatic carbocycles. The van der Waals surface area contributed by atoms with Gasteiger partial charge in [0.25, 0.3) is 0 Å². The van der Waals surface area contributed by atoms with E-state index in [1.165, 1.54) is 6.42 Å². The Labute approximate surface area is 109 Å². The van der Waals surface area contributed by atoms with Crippen LogP contribution in [0.3, 0.4) is 0 Å². The average Bonchev–Trinajstić information content (AvgIpc) is 2.96. The second-order valence-electron chi connectivity index (χ2n) is 5.83. The van der Waals surface area contributed by atoms with Crippen molar-refractivity contribution in [3.8, 4) is 0 Å². The fourth-order valence-electron chi connectivity index (χ4n) is 3.66. The number of nitrogens with one attached hydrogen (secondary N) is 2. The Hall–Kier alpha value is -0.170. The molecule has 6 heteroatoms. The Morgan fingerprint density at radius 2 is 2.06 bits per heavy atom. The highest BCUT2D eigenvalue weighted by Crippen LogP contribution is 2.28. The van der Waals surface area contributed by atoms with Crippen LogP contribution in [-0.4, -0.2) is 56.8 Å². The first-order valence-electron chi connectivity index (χ1n) is 7.11. The molecule has 5 nitrogen and oxygen atoms in total. The Bertz CT molecular complexity index is 392. The zero-order chi connectivity index (χ0) is 12.6. The second kappa shape index (κ2) is 5.07. The molecule has 3 saturated heterocycles. The number of rotatable bonds is 4. The number of nitrogens with zero attached hydrogens (tertiary/aromatic N) is 1. The maximum atomic E-state index is 12.2. The first kappa shape index (κ1) is 12.8. The highest BCUT2D eigenvalue weighted by atomic mass is 32.2. The van der Waals surface area contributed by atoms with E-state index in [9.17, 15) is 8.42 Å². The Balaban J connectivity index is 1.57. The van der Waals surface area contributed by atoms with Gasteiger partial charge in [-0.25, -0.2) is 13.1 Å². The number of sulfonamides is 1. The van der Waals surface area contributed by atoms with E-state index in [2.05, 4.69) is 14.9 Å². The summed E-state index contributed by atoms with van der Waals surface area (Å²) in [4.78, 5) is 2.43. The van der Waals surface area contributed by atoms with Crippen molar-refractivity contribution in [1.29, 1.82) is 0 Å². The molecule has 18 heavy (non-hydrogen) atoms. The maximum absolute atomic E-state index is 12.2. The maximum Gasteiger partial charge on any atom is 0.213 e. The van der Waals surface area contributed by atoms with Crippen LogP contribution in [0, 0.1) is 0 Å². The highest BCUT2D eigenvalue weighted by molar-refractivity contribution is 7.89. The molecule has 3 atom stereocenters. The summed E-state index contributed by atoms with van der Waals surface area (Å²) in [6.07, 6.45) is 5.42. The molecule has 3 unspecified atom stereocenters. The van der Waals surface area contributed by atoms with Crippen LogP contribution in [0.15, 0.2) is 0 Å². The Morgan fingerprint density at radius 1 is 1.17 bits per heavy atom. The van der Waals surface area contributed by atoms with Gasteiger partial charge < -0.3 is 5.32 Å². The summed E-state index contributed by atoms with van der Waals surface area (Å²) >= 11 is 0. The van der Waals surface area contributed by atoms with Crippen molar-refractivity contribution in [2.45, 2.75) is 50.2 Å². The summed E-state index contributed by atoms with van der Waals surface area (Å²) in [7, 11) is -3.13. The lowest BCUT2D eigenvalue weighted by atomic mass is 10.1. The lowest BCUT2D eigenvalue weighted by molar-refractivity contribution is 0.308. The van der Waals surface area contributed by atoms with Gasteiger partial charge in [-0.2, -0.15) is 0 Å². The van der Waals surface area contributed by atoms with Gasteiger partial charge in [-0.15, -0.1) is 0 Å². The van der Waals surface area contributed by atoms with Crippen LogP contribution in [0.4, 0.5) is 0 Å². The van der Waals surface area contributed by atoms with E-state index in [4.69, 9.17) is 0 Å². The summed E-state index contributed by atoms with van der Waals surface area (Å²) in [6.45, 7) is 3.16. The van der Waals surface area contributed by atoms with Gasteiger partial charge in [0.15, 0.2) is 0 Å². The minimum Gasteiger partial charge on any atom is -0.313 e. The van der Waals surface area contributed by atoms with E-state index in [-0.39, 0.29) is 17.8 Å². The van der Waals surface area contributed by atoms with Crippen LogP contribution < -0.4 is 10.0 Å². The smallest absolute Gasteiger partial charge is 0.213 e. The van der Waals surface area contributed by atoms with Crippen molar-refractivity contribution in [1.82, 2.24) is 14.9 Å². The quantitative estimate of drug-likeness (QED) is 0.750. The third-order valence-electron chi connectivity index (χ3n) is 4.52. The zero-order valence-corrected chi connectivity index (χ0v) is 11.6. The van der Waals surface area contributed by atoms with Crippen molar-refractivity contribution in [3.63, 3.8) is 0 Å². The predicted molar refractivity (Wildman–Crippen MR) is 70.9 cm³/mol. The van der Waals surface area contributed by atoms with Crippen molar-refractivity contribution >= 4 is 10.0 Å². The molecule has 3 aliphatic rings. The normalized spacial score (nSPS) is 37.2. The molecular formula is C12H23N3O2S. The van der Waals surface area contributed by atoms with Crippen LogP contribution in [0.1, 0.15) is 32.1 Å². The number of hydrogen-bond donors (Lipinski definition) is 2. The number of fused-ring (bicyclic) bond motifs is 1. The lowest BCUT2D eigenvalue weighted by Gasteiger charge is -2.22. The standard InChI is InChI=1S/C12H23N3O2S/c16-18(17,9-10-3-1-6-13-10)14-11-5-8-15-7-2-4-12(11)15/h10-14H,1-9H2. The van der Waals surface area contributed by atoms with Gasteiger partial charge in [0.1, 0.15) is 0 Å². The summed E-state index contributed by atoms with van der Waals surface area (Å²) in [5, 5.41) is 3.25. The van der Waals surface area contributed by atoms with Crippen molar-refractivity contribution in [2.24, 2.45) is 0 Å². The fourth-order valence-corrected chi connectivity index (χ4v) is 5.31. The van der Waals surface area contributed by atoms with Gasteiger partial charge in [-0.1, -0.05) is 0 Å². The van der Waals surface area contributed by atoms with E-state index in [1.807, 2.05) is 0 Å². The summed E-state index contributed by atoms with van der Waals surface area (Å²) in [6, 6.07) is 0.763. The van der Waals surface area contributed by atoms with Gasteiger partial charge in [0, 0.05) is 24.7 Å². The molecule has 3 rings (SSSR count). The van der Waals surface area contributed by atoms with Crippen LogP contribution >= 0.6 is 0 Å². The minimum atomic E-state index is -3.13. The monoisotopic (exact) mass is 273 g/mol. The average molecular weight is 273 g/mol. The van der Waals surface area contributed by atoms with Crippen LogP contribution in [-0.2, 0) is 10.0 Å². The van der Waals surface area contributed by atoms with E-state index < -0.39 is 10.0 Å². The van der Waals surface area contributed by atoms with Gasteiger partial charge in [-0.05, 0) is 45.2 Å². The Kier molecular flexibility index (Phi) is 3.62. The van der Waals surface area contributed by atoms with Crippen LogP contribution in [0.2, 0.25) is 0 Å². The first-order valence-corrected chi connectivity index (χ1v) is 8.77. The van der Waals surface area contributed by atoms with Crippen molar-refractivity contribution in [3.05, 3.63) is 0 Å². The summed E-state index contributed by atoms with van der Waals surface area (Å²) < 4.78 is 27.3. The van der Waals surface area contributed by atoms with Gasteiger partial charge in [0.05, 0.1) is 5.75 Å². The molecule has 3 heterocycles. The molecule has 0 aromatic rings. The first-order chi connectivity index (χ1) is 8.64. The topological polar surface area (TPSA) is 61.4 Å². The summed E-state index contributed by atoms with van der Waals surface area (Å²) in [5.41, 5.74) is 0. The molecule has 0 aromatic heterocycles. The summed E-state index contributed by atoms with van der Waals surface area (Å²) in [5.74, 6) is 0.246. The van der Waals surface area contributed by atoms with Crippen LogP contribution in [0.5, 0.6) is 0 Å². The van der Waals surface area contributed by atoms with E-state index >= 15 is 0 Å². The van der Waals surface area contributed by atoms with Crippen molar-refractivity contribution in [2.75, 3.05) is 25.4 Å². The fraction of sp³-hybridized carbons (Fsp3) is 1.00. The minimum absolute atomic E-state index is 0.152. The van der Waals surface area contributed by atoms with Crippen molar-refractivity contribution < 1.29 is 8.42 Å². The molecule has 0 amide bonds. The zero-order valence-electron chi connectivity index (χ0n) is 10.8. The van der Waals surface area contributed by atoms with E-state index in [0.29, 0.717) is 6.04 Å². The van der Waals surface area contributed by atoms with Crippen LogP contribution in [0.25, 0.3) is 0 Å². The SMILES string of the molecule is O=S(=O)(CC1CCCN1)NC1CCN2CCCC12.